The Balaban J connectivity index is 2.30. The van der Waals surface area contributed by atoms with Crippen LogP contribution in [0.2, 0.25) is 0 Å². The fourth-order valence-corrected chi connectivity index (χ4v) is 1.42. The summed E-state index contributed by atoms with van der Waals surface area (Å²) in [7, 11) is 0. The number of rotatable bonds is 1. The fraction of sp³-hybridized carbons (Fsp3) is 0.222. The molecule has 1 aromatic carbocycles. The maximum Gasteiger partial charge on any atom is 0.323 e. The zero-order valence-corrected chi connectivity index (χ0v) is 7.10. The van der Waals surface area contributed by atoms with Crippen LogP contribution >= 0.6 is 0 Å². The number of nitrogens with zero attached hydrogens (tertiary/aromatic N) is 1. The molecule has 4 nitrogen and oxygen atoms in total. The minimum Gasteiger partial charge on any atom is -0.334 e. The minimum atomic E-state index is -0.255. The number of nitrogens with one attached hydrogen (secondary N) is 1. The number of anilines is 1. The third kappa shape index (κ3) is 1.36. The third-order valence-electron chi connectivity index (χ3n) is 2.05. The predicted molar refractivity (Wildman–Crippen MR) is 50.3 cm³/mol. The molecule has 0 aromatic heterocycles. The Morgan fingerprint density at radius 1 is 1.38 bits per heavy atom. The number of hydrogen-bond acceptors (Lipinski definition) is 2. The number of amides is 2. The van der Waals surface area contributed by atoms with Crippen LogP contribution in [0.25, 0.3) is 0 Å². The van der Waals surface area contributed by atoms with Crippen molar-refractivity contribution in [1.29, 1.82) is 0 Å². The van der Waals surface area contributed by atoms with Crippen molar-refractivity contribution < 1.29 is 4.79 Å². The lowest BCUT2D eigenvalue weighted by Gasteiger charge is -2.19. The molecule has 1 aliphatic rings. The monoisotopic (exact) mass is 177 g/mol. The van der Waals surface area contributed by atoms with Crippen LogP contribution in [-0.4, -0.2) is 18.7 Å². The molecule has 1 fully saturated rings. The summed E-state index contributed by atoms with van der Waals surface area (Å²) < 4.78 is 0. The highest BCUT2D eigenvalue weighted by atomic mass is 16.2. The van der Waals surface area contributed by atoms with Crippen LogP contribution in [0, 0.1) is 0 Å². The van der Waals surface area contributed by atoms with Crippen molar-refractivity contribution in [2.75, 3.05) is 11.4 Å². The molecule has 1 atom stereocenters. The molecule has 1 heterocycles. The second-order valence-electron chi connectivity index (χ2n) is 2.96. The Labute approximate surface area is 76.3 Å². The van der Waals surface area contributed by atoms with E-state index >= 15 is 0 Å². The Kier molecular flexibility index (Phi) is 1.90. The zero-order valence-electron chi connectivity index (χ0n) is 7.10. The second kappa shape index (κ2) is 3.06. The molecule has 1 aromatic rings. The molecule has 1 unspecified atom stereocenters. The Morgan fingerprint density at radius 3 is 2.62 bits per heavy atom. The molecule has 2 amide bonds. The van der Waals surface area contributed by atoms with E-state index < -0.39 is 0 Å². The molecule has 68 valence electrons. The van der Waals surface area contributed by atoms with Crippen molar-refractivity contribution in [1.82, 2.24) is 5.32 Å². The first kappa shape index (κ1) is 8.07. The van der Waals surface area contributed by atoms with Gasteiger partial charge in [0, 0.05) is 5.69 Å². The highest BCUT2D eigenvalue weighted by molar-refractivity contribution is 5.94. The van der Waals surface area contributed by atoms with Gasteiger partial charge in [0.05, 0.1) is 6.54 Å². The molecule has 1 saturated heterocycles. The largest absolute Gasteiger partial charge is 0.334 e. The molecule has 1 aliphatic heterocycles. The molecular formula is C9H11N3O. The van der Waals surface area contributed by atoms with Crippen molar-refractivity contribution in [2.45, 2.75) is 6.17 Å². The van der Waals surface area contributed by atoms with E-state index in [0.717, 1.165) is 5.69 Å². The van der Waals surface area contributed by atoms with Gasteiger partial charge in [-0.15, -0.1) is 0 Å². The van der Waals surface area contributed by atoms with Crippen molar-refractivity contribution in [3.63, 3.8) is 0 Å². The predicted octanol–water partition coefficient (Wildman–Crippen LogP) is 0.501. The van der Waals surface area contributed by atoms with E-state index in [4.69, 9.17) is 5.73 Å². The summed E-state index contributed by atoms with van der Waals surface area (Å²) in [4.78, 5) is 12.9. The van der Waals surface area contributed by atoms with Gasteiger partial charge in [-0.1, -0.05) is 18.2 Å². The molecular weight excluding hydrogens is 166 g/mol. The Hall–Kier alpha value is -1.55. The van der Waals surface area contributed by atoms with Gasteiger partial charge in [-0.25, -0.2) is 4.79 Å². The summed E-state index contributed by atoms with van der Waals surface area (Å²) in [6.45, 7) is 0.508. The summed E-state index contributed by atoms with van der Waals surface area (Å²) in [5.74, 6) is 0. The topological polar surface area (TPSA) is 58.4 Å². The van der Waals surface area contributed by atoms with Gasteiger partial charge in [-0.2, -0.15) is 0 Å². The summed E-state index contributed by atoms with van der Waals surface area (Å²) in [5, 5.41) is 2.68. The van der Waals surface area contributed by atoms with E-state index in [1.54, 1.807) is 4.90 Å². The van der Waals surface area contributed by atoms with E-state index in [1.807, 2.05) is 30.3 Å². The first-order valence-electron chi connectivity index (χ1n) is 4.17. The number of benzene rings is 1. The molecule has 13 heavy (non-hydrogen) atoms. The van der Waals surface area contributed by atoms with Crippen molar-refractivity contribution in [3.05, 3.63) is 30.3 Å². The van der Waals surface area contributed by atoms with E-state index in [9.17, 15) is 4.79 Å². The molecule has 2 rings (SSSR count). The standard InChI is InChI=1S/C9H11N3O/c10-8-6-11-9(13)12(8)7-4-2-1-3-5-7/h1-5,8H,6,10H2,(H,11,13). The summed E-state index contributed by atoms with van der Waals surface area (Å²) in [5.41, 5.74) is 6.58. The van der Waals surface area contributed by atoms with Gasteiger partial charge in [-0.05, 0) is 12.1 Å². The number of para-hydroxylation sites is 1. The van der Waals surface area contributed by atoms with Gasteiger partial charge in [0.25, 0.3) is 0 Å². The Bertz CT molecular complexity index is 312. The van der Waals surface area contributed by atoms with Crippen LogP contribution in [0.15, 0.2) is 30.3 Å². The molecule has 0 spiro atoms. The van der Waals surface area contributed by atoms with Gasteiger partial charge in [-0.3, -0.25) is 4.90 Å². The number of hydrogen-bond donors (Lipinski definition) is 2. The number of carbonyl (C=O) groups is 1. The summed E-state index contributed by atoms with van der Waals surface area (Å²) >= 11 is 0. The maximum atomic E-state index is 11.3. The summed E-state index contributed by atoms with van der Waals surface area (Å²) in [6, 6.07) is 9.28. The maximum absolute atomic E-state index is 11.3. The third-order valence-corrected chi connectivity index (χ3v) is 2.05. The van der Waals surface area contributed by atoms with Gasteiger partial charge in [0.15, 0.2) is 0 Å². The number of urea groups is 1. The van der Waals surface area contributed by atoms with Crippen LogP contribution in [0.5, 0.6) is 0 Å². The van der Waals surface area contributed by atoms with Crippen LogP contribution in [0.1, 0.15) is 0 Å². The van der Waals surface area contributed by atoms with Gasteiger partial charge in [0.2, 0.25) is 0 Å². The average Bonchev–Trinajstić information content (AvgIpc) is 2.48. The van der Waals surface area contributed by atoms with Crippen molar-refractivity contribution in [3.8, 4) is 0 Å². The normalized spacial score (nSPS) is 21.8. The van der Waals surface area contributed by atoms with Crippen molar-refractivity contribution >= 4 is 11.7 Å². The molecule has 0 radical (unpaired) electrons. The lowest BCUT2D eigenvalue weighted by molar-refractivity contribution is 0.251. The first-order valence-corrected chi connectivity index (χ1v) is 4.17. The van der Waals surface area contributed by atoms with E-state index in [-0.39, 0.29) is 12.2 Å². The number of carbonyl (C=O) groups excluding carboxylic acids is 1. The van der Waals surface area contributed by atoms with E-state index in [2.05, 4.69) is 5.32 Å². The van der Waals surface area contributed by atoms with Gasteiger partial charge >= 0.3 is 6.03 Å². The van der Waals surface area contributed by atoms with Crippen molar-refractivity contribution in [2.24, 2.45) is 5.73 Å². The SMILES string of the molecule is NC1CNC(=O)N1c1ccccc1. The smallest absolute Gasteiger partial charge is 0.323 e. The summed E-state index contributed by atoms with van der Waals surface area (Å²) in [6.07, 6.45) is -0.255. The molecule has 0 aliphatic carbocycles. The second-order valence-corrected chi connectivity index (χ2v) is 2.96. The Morgan fingerprint density at radius 2 is 2.08 bits per heavy atom. The molecule has 0 saturated carbocycles. The van der Waals surface area contributed by atoms with Gasteiger partial charge < -0.3 is 11.1 Å². The minimum absolute atomic E-state index is 0.126. The quantitative estimate of drug-likeness (QED) is 0.656. The highest BCUT2D eigenvalue weighted by Crippen LogP contribution is 2.17. The lowest BCUT2D eigenvalue weighted by Crippen LogP contribution is -2.40. The fourth-order valence-electron chi connectivity index (χ4n) is 1.42. The van der Waals surface area contributed by atoms with Gasteiger partial charge in [0.1, 0.15) is 6.17 Å². The average molecular weight is 177 g/mol. The first-order chi connectivity index (χ1) is 6.29. The molecule has 0 bridgehead atoms. The molecule has 4 heteroatoms. The van der Waals surface area contributed by atoms with E-state index in [0.29, 0.717) is 6.54 Å². The van der Waals surface area contributed by atoms with Crippen LogP contribution in [0.3, 0.4) is 0 Å². The van der Waals surface area contributed by atoms with Crippen LogP contribution in [-0.2, 0) is 0 Å². The lowest BCUT2D eigenvalue weighted by atomic mass is 10.3. The van der Waals surface area contributed by atoms with E-state index in [1.165, 1.54) is 0 Å². The van der Waals surface area contributed by atoms with Crippen LogP contribution in [0.4, 0.5) is 10.5 Å². The molecule has 3 N–H and O–H groups in total. The zero-order chi connectivity index (χ0) is 9.26. The highest BCUT2D eigenvalue weighted by Gasteiger charge is 2.28. The number of nitrogens with two attached hydrogens (primary N) is 1. The van der Waals surface area contributed by atoms with Crippen LogP contribution < -0.4 is 16.0 Å².